The lowest BCUT2D eigenvalue weighted by Crippen LogP contribution is -2.02. The maximum atomic E-state index is 11.4. The zero-order chi connectivity index (χ0) is 27.7. The Hall–Kier alpha value is -3.83. The SMILES string of the molecule is COc1c(N)cc(C(=O)O)cc1C#Cc1ccc(OCc2c(-c3c(Cl)cccc3Cl)noc2C2CC2)cc1Cl. The van der Waals surface area contributed by atoms with Gasteiger partial charge < -0.3 is 24.8 Å². The molecule has 1 aliphatic carbocycles. The van der Waals surface area contributed by atoms with E-state index in [4.69, 9.17) is 54.5 Å². The van der Waals surface area contributed by atoms with Crippen molar-refractivity contribution < 1.29 is 23.9 Å². The van der Waals surface area contributed by atoms with E-state index >= 15 is 0 Å². The van der Waals surface area contributed by atoms with Crippen LogP contribution in [0.3, 0.4) is 0 Å². The highest BCUT2D eigenvalue weighted by atomic mass is 35.5. The van der Waals surface area contributed by atoms with Crippen LogP contribution in [0, 0.1) is 11.8 Å². The molecule has 0 unspecified atom stereocenters. The van der Waals surface area contributed by atoms with Gasteiger partial charge in [-0.05, 0) is 49.2 Å². The summed E-state index contributed by atoms with van der Waals surface area (Å²) in [6.07, 6.45) is 2.03. The number of halogens is 3. The van der Waals surface area contributed by atoms with Crippen LogP contribution in [0.25, 0.3) is 11.3 Å². The number of carboxylic acid groups (broad SMARTS) is 1. The van der Waals surface area contributed by atoms with E-state index in [-0.39, 0.29) is 29.5 Å². The first-order valence-corrected chi connectivity index (χ1v) is 13.0. The monoisotopic (exact) mass is 582 g/mol. The van der Waals surface area contributed by atoms with Crippen molar-refractivity contribution in [2.24, 2.45) is 0 Å². The molecule has 198 valence electrons. The number of methoxy groups -OCH3 is 1. The summed E-state index contributed by atoms with van der Waals surface area (Å²) >= 11 is 19.4. The maximum Gasteiger partial charge on any atom is 0.335 e. The van der Waals surface area contributed by atoms with Crippen molar-refractivity contribution in [3.8, 4) is 34.6 Å². The van der Waals surface area contributed by atoms with Crippen LogP contribution in [0.1, 0.15) is 51.6 Å². The number of carbonyl (C=O) groups is 1. The predicted octanol–water partition coefficient (Wildman–Crippen LogP) is 7.45. The fraction of sp³-hybridized carbons (Fsp3) is 0.172. The van der Waals surface area contributed by atoms with Gasteiger partial charge in [0.25, 0.3) is 0 Å². The lowest BCUT2D eigenvalue weighted by atomic mass is 10.0. The standard InChI is InChI=1S/C29H21Cl3N2O5/c1-37-28-17(11-18(29(35)36)12-24(28)33)8-5-15-9-10-19(13-23(15)32)38-14-20-26(34-39-27(20)16-6-7-16)25-21(30)3-2-4-22(25)31/h2-4,9-13,16H,6-7,14,33H2,1H3,(H,35,36). The second-order valence-corrected chi connectivity index (χ2v) is 10.1. The molecule has 0 amide bonds. The lowest BCUT2D eigenvalue weighted by Gasteiger charge is -2.10. The smallest absolute Gasteiger partial charge is 0.335 e. The van der Waals surface area contributed by atoms with Gasteiger partial charge in [-0.15, -0.1) is 0 Å². The molecule has 0 spiro atoms. The highest BCUT2D eigenvalue weighted by molar-refractivity contribution is 6.39. The number of rotatable bonds is 7. The van der Waals surface area contributed by atoms with Gasteiger partial charge in [0.15, 0.2) is 5.75 Å². The van der Waals surface area contributed by atoms with Crippen LogP contribution in [0.2, 0.25) is 15.1 Å². The molecule has 10 heteroatoms. The number of hydrogen-bond donors (Lipinski definition) is 2. The van der Waals surface area contributed by atoms with Crippen LogP contribution < -0.4 is 15.2 Å². The summed E-state index contributed by atoms with van der Waals surface area (Å²) < 4.78 is 17.1. The first kappa shape index (κ1) is 26.8. The predicted molar refractivity (Wildman–Crippen MR) is 150 cm³/mol. The number of benzene rings is 3. The minimum atomic E-state index is -1.12. The van der Waals surface area contributed by atoms with E-state index in [1.165, 1.54) is 19.2 Å². The molecule has 0 saturated heterocycles. The Labute approximate surface area is 239 Å². The van der Waals surface area contributed by atoms with Crippen molar-refractivity contribution in [1.29, 1.82) is 0 Å². The van der Waals surface area contributed by atoms with Gasteiger partial charge in [0.2, 0.25) is 0 Å². The summed E-state index contributed by atoms with van der Waals surface area (Å²) in [6.45, 7) is 0.173. The number of aromatic carboxylic acids is 1. The number of anilines is 1. The van der Waals surface area contributed by atoms with Gasteiger partial charge >= 0.3 is 5.97 Å². The Bertz CT molecular complexity index is 1630. The number of ether oxygens (including phenoxy) is 2. The third kappa shape index (κ3) is 5.64. The van der Waals surface area contributed by atoms with Crippen molar-refractivity contribution >= 4 is 46.5 Å². The molecule has 1 saturated carbocycles. The molecule has 0 aliphatic heterocycles. The minimum absolute atomic E-state index is 0.00388. The van der Waals surface area contributed by atoms with Gasteiger partial charge in [0.05, 0.1) is 44.6 Å². The van der Waals surface area contributed by atoms with Crippen LogP contribution >= 0.6 is 34.8 Å². The number of nitrogens with zero attached hydrogens (tertiary/aromatic N) is 1. The van der Waals surface area contributed by atoms with Crippen molar-refractivity contribution in [3.63, 3.8) is 0 Å². The zero-order valence-corrected chi connectivity index (χ0v) is 22.8. The van der Waals surface area contributed by atoms with E-state index in [0.29, 0.717) is 43.2 Å². The second kappa shape index (κ2) is 11.1. The Morgan fingerprint density at radius 1 is 1.08 bits per heavy atom. The molecule has 0 bridgehead atoms. The van der Waals surface area contributed by atoms with Gasteiger partial charge in [-0.3, -0.25) is 0 Å². The average Bonchev–Trinajstić information content (AvgIpc) is 3.66. The fourth-order valence-corrected chi connectivity index (χ4v) is 4.92. The molecule has 0 radical (unpaired) electrons. The molecule has 3 N–H and O–H groups in total. The van der Waals surface area contributed by atoms with Crippen LogP contribution in [0.15, 0.2) is 53.1 Å². The minimum Gasteiger partial charge on any atom is -0.493 e. The quantitative estimate of drug-likeness (QED) is 0.172. The summed E-state index contributed by atoms with van der Waals surface area (Å²) in [6, 6.07) is 13.1. The molecule has 7 nitrogen and oxygen atoms in total. The van der Waals surface area contributed by atoms with Gasteiger partial charge in [0.1, 0.15) is 23.8 Å². The van der Waals surface area contributed by atoms with Crippen molar-refractivity contribution in [3.05, 3.63) is 91.6 Å². The molecule has 39 heavy (non-hydrogen) atoms. The Morgan fingerprint density at radius 2 is 1.79 bits per heavy atom. The van der Waals surface area contributed by atoms with Gasteiger partial charge in [0, 0.05) is 23.1 Å². The van der Waals surface area contributed by atoms with E-state index in [1.807, 2.05) is 0 Å². The Balaban J connectivity index is 1.40. The molecule has 5 rings (SSSR count). The van der Waals surface area contributed by atoms with Crippen molar-refractivity contribution in [2.45, 2.75) is 25.4 Å². The lowest BCUT2D eigenvalue weighted by molar-refractivity contribution is 0.0697. The summed E-state index contributed by atoms with van der Waals surface area (Å²) in [5, 5.41) is 14.9. The van der Waals surface area contributed by atoms with Crippen molar-refractivity contribution in [2.75, 3.05) is 12.8 Å². The number of aromatic nitrogens is 1. The van der Waals surface area contributed by atoms with Crippen LogP contribution in [0.5, 0.6) is 11.5 Å². The first-order chi connectivity index (χ1) is 18.8. The third-order valence-corrected chi connectivity index (χ3v) is 7.13. The number of nitrogen functional groups attached to an aromatic ring is 1. The number of carboxylic acids is 1. The normalized spacial score (nSPS) is 12.5. The van der Waals surface area contributed by atoms with Crippen LogP contribution in [-0.4, -0.2) is 23.3 Å². The summed E-state index contributed by atoms with van der Waals surface area (Å²) in [5.41, 5.74) is 8.90. The fourth-order valence-electron chi connectivity index (χ4n) is 4.12. The molecule has 1 aromatic heterocycles. The Morgan fingerprint density at radius 3 is 2.44 bits per heavy atom. The molecule has 1 heterocycles. The molecule has 1 fully saturated rings. The highest BCUT2D eigenvalue weighted by Crippen LogP contribution is 2.46. The first-order valence-electron chi connectivity index (χ1n) is 11.8. The summed E-state index contributed by atoms with van der Waals surface area (Å²) in [5.74, 6) is 6.60. The van der Waals surface area contributed by atoms with Crippen LogP contribution in [0.4, 0.5) is 5.69 Å². The zero-order valence-electron chi connectivity index (χ0n) is 20.6. The molecule has 3 aromatic carbocycles. The topological polar surface area (TPSA) is 108 Å². The molecule has 0 atom stereocenters. The third-order valence-electron chi connectivity index (χ3n) is 6.19. The second-order valence-electron chi connectivity index (χ2n) is 8.88. The maximum absolute atomic E-state index is 11.4. The number of nitrogens with two attached hydrogens (primary N) is 1. The molecular weight excluding hydrogens is 563 g/mol. The summed E-state index contributed by atoms with van der Waals surface area (Å²) in [7, 11) is 1.44. The number of hydrogen-bond acceptors (Lipinski definition) is 6. The van der Waals surface area contributed by atoms with E-state index in [0.717, 1.165) is 24.2 Å². The highest BCUT2D eigenvalue weighted by Gasteiger charge is 2.33. The van der Waals surface area contributed by atoms with Gasteiger partial charge in [-0.1, -0.05) is 57.9 Å². The largest absolute Gasteiger partial charge is 0.493 e. The van der Waals surface area contributed by atoms with Gasteiger partial charge in [-0.25, -0.2) is 4.79 Å². The molecule has 1 aliphatic rings. The summed E-state index contributed by atoms with van der Waals surface area (Å²) in [4.78, 5) is 11.4. The van der Waals surface area contributed by atoms with E-state index < -0.39 is 5.97 Å². The van der Waals surface area contributed by atoms with E-state index in [1.54, 1.807) is 36.4 Å². The van der Waals surface area contributed by atoms with Crippen LogP contribution in [-0.2, 0) is 6.61 Å². The van der Waals surface area contributed by atoms with E-state index in [9.17, 15) is 9.90 Å². The van der Waals surface area contributed by atoms with E-state index in [2.05, 4.69) is 17.0 Å². The average molecular weight is 584 g/mol. The molecular formula is C29H21Cl3N2O5. The molecule has 4 aromatic rings. The van der Waals surface area contributed by atoms with Gasteiger partial charge in [-0.2, -0.15) is 0 Å². The Kier molecular flexibility index (Phi) is 7.62. The van der Waals surface area contributed by atoms with Crippen molar-refractivity contribution in [1.82, 2.24) is 5.16 Å².